The summed E-state index contributed by atoms with van der Waals surface area (Å²) in [6, 6.07) is 33.3. The summed E-state index contributed by atoms with van der Waals surface area (Å²) in [7, 11) is 10.6. The third kappa shape index (κ3) is 21.2. The van der Waals surface area contributed by atoms with Gasteiger partial charge in [-0.15, -0.1) is 51.1 Å². The fourth-order valence-electron chi connectivity index (χ4n) is 11.1. The van der Waals surface area contributed by atoms with Crippen molar-refractivity contribution >= 4 is 133 Å². The van der Waals surface area contributed by atoms with E-state index in [1.54, 1.807) is 122 Å². The lowest BCUT2D eigenvalue weighted by atomic mass is 10.2. The summed E-state index contributed by atoms with van der Waals surface area (Å²) < 4.78 is 8.67. The predicted molar refractivity (Wildman–Crippen MR) is 478 cm³/mol. The SMILES string of the molecule is CNc1cc(C)c(N=Nc2c(C#N)cnn2-c2ncccn2)c(NC)n1.CNc1cc(NC)c(N=Nc2c(C#N)cnn2-c2ncccn2)c(NC)n1.CNc1nc(-n2cccc2)cc(C)c1N=Nc1c(C#N)cnn1-c1ncccn1.N#Cc1cnn(-c2ncccn2)c1N=Nc1c(N)nc(N)nc1N.NC(=O)c1cnn(-c2ccccc2)c1N=Nc1c(N)nc(N)nc1N. The highest BCUT2D eigenvalue weighted by atomic mass is 16.1. The van der Waals surface area contributed by atoms with Crippen LogP contribution in [0.2, 0.25) is 0 Å². The van der Waals surface area contributed by atoms with Crippen molar-refractivity contribution in [3.63, 3.8) is 0 Å². The zero-order valence-electron chi connectivity index (χ0n) is 70.1. The molecule has 20 N–H and O–H groups in total. The maximum atomic E-state index is 11.6. The quantitative estimate of drug-likeness (QED) is 0.0265. The normalized spacial score (nSPS) is 10.8. The molecule has 54 heteroatoms. The highest BCUT2D eigenvalue weighted by molar-refractivity contribution is 5.97. The van der Waals surface area contributed by atoms with Gasteiger partial charge in [0.2, 0.25) is 11.9 Å². The van der Waals surface area contributed by atoms with Gasteiger partial charge in [-0.1, -0.05) is 18.2 Å². The summed E-state index contributed by atoms with van der Waals surface area (Å²) in [4.78, 5) is 73.0. The molecular weight excluding hydrogens is 1680 g/mol. The fourth-order valence-corrected chi connectivity index (χ4v) is 11.1. The van der Waals surface area contributed by atoms with Crippen molar-refractivity contribution < 1.29 is 4.79 Å². The molecule has 131 heavy (non-hydrogen) atoms. The van der Waals surface area contributed by atoms with Gasteiger partial charge in [0.05, 0.1) is 42.4 Å². The van der Waals surface area contributed by atoms with Crippen molar-refractivity contribution in [2.24, 2.45) is 56.9 Å². The molecule has 0 unspecified atom stereocenters. The predicted octanol–water partition coefficient (Wildman–Crippen LogP) is 10.1. The highest BCUT2D eigenvalue weighted by Crippen LogP contribution is 2.39. The van der Waals surface area contributed by atoms with Crippen LogP contribution in [0.5, 0.6) is 0 Å². The third-order valence-electron chi connectivity index (χ3n) is 17.3. The lowest BCUT2D eigenvalue weighted by molar-refractivity contribution is 0.100. The minimum Gasteiger partial charge on any atom is -0.386 e. The van der Waals surface area contributed by atoms with Gasteiger partial charge in [-0.05, 0) is 85.6 Å². The van der Waals surface area contributed by atoms with Gasteiger partial charge >= 0.3 is 0 Å². The van der Waals surface area contributed by atoms with Gasteiger partial charge in [-0.25, -0.2) is 59.5 Å². The lowest BCUT2D eigenvalue weighted by Crippen LogP contribution is -2.10. The van der Waals surface area contributed by atoms with E-state index in [-0.39, 0.29) is 109 Å². The van der Waals surface area contributed by atoms with Gasteiger partial charge in [0, 0.05) is 110 Å². The average Bonchev–Trinajstić information content (AvgIpc) is 1.72. The number of aryl methyl sites for hydroxylation is 2. The Hall–Kier alpha value is -20.5. The van der Waals surface area contributed by atoms with Crippen molar-refractivity contribution in [3.8, 4) is 59.6 Å². The first-order valence-electron chi connectivity index (χ1n) is 37.9. The van der Waals surface area contributed by atoms with Gasteiger partial charge in [0.1, 0.15) is 80.9 Å². The molecule has 0 saturated carbocycles. The van der Waals surface area contributed by atoms with Crippen molar-refractivity contribution in [2.45, 2.75) is 13.8 Å². The van der Waals surface area contributed by atoms with E-state index in [9.17, 15) is 25.8 Å². The number of aromatic nitrogens is 26. The van der Waals surface area contributed by atoms with Crippen LogP contribution in [0.15, 0.2) is 229 Å². The standard InChI is InChI=1S/C19H16N10.C16H17N11.C16H16N10.C14H14N10O.C12H10N12/c1-13-10-15(28-8-3-4-9-28)25-17(21-2)16(13)26-27-18-14(11-20)12-24-29(18)19-22-6-5-7-23-19;1-18-11-7-12(19-2)24-14(20-3)13(11)25-26-15-10(8-17)9-23-27(15)16-21-5-4-6-22-16;1-10-7-12(18-2)23-14(19-3)13(10)24-25-15-11(8-17)9-22-26(15)16-20-5-4-6-21-16;15-10-9(11(16)21-14(18)20-10)22-23-13-8(12(17)25)6-19-24(13)7-4-2-1-3-5-7;13-4-6-5-19-24(12-17-2-1-3-18-12)10(6)23-22-7-8(14)20-11(16)21-9(7)15/h3-10,12H,1-2H3,(H,21,25);4-7,9H,1-3H3,(H3,18,19,20,24);4-7,9H,1-3H3,(H2,18,19,23);1-6H,(H2,17,25)(H6,15,16,18,20,21);1-3,5H,(H6,14,15,16,20,21). The first-order chi connectivity index (χ1) is 63.7. The Morgan fingerprint density at radius 1 is 0.351 bits per heavy atom. The molecule has 1 amide bonds. The summed E-state index contributed by atoms with van der Waals surface area (Å²) in [6.45, 7) is 3.83. The Morgan fingerprint density at radius 3 is 1.03 bits per heavy atom. The molecule has 0 atom stereocenters. The molecule has 0 aliphatic carbocycles. The third-order valence-corrected chi connectivity index (χ3v) is 17.3. The van der Waals surface area contributed by atoms with Crippen LogP contribution in [0.25, 0.3) is 35.3 Å². The molecule has 0 fully saturated rings. The second-order valence-corrected chi connectivity index (χ2v) is 25.6. The smallest absolute Gasteiger partial charge is 0.254 e. The van der Waals surface area contributed by atoms with Crippen LogP contribution >= 0.6 is 0 Å². The van der Waals surface area contributed by atoms with Crippen LogP contribution in [0.1, 0.15) is 43.7 Å². The molecule has 15 aromatic heterocycles. The molecule has 16 rings (SSSR count). The number of pyridine rings is 3. The lowest BCUT2D eigenvalue weighted by Gasteiger charge is -2.11. The number of nitrogens with one attached hydrogen (secondary N) is 6. The minimum absolute atomic E-state index is 0.0328. The Balaban J connectivity index is 0.000000148. The van der Waals surface area contributed by atoms with E-state index < -0.39 is 5.91 Å². The molecule has 1 aromatic carbocycles. The number of nitriles is 4. The maximum absolute atomic E-state index is 11.6. The van der Waals surface area contributed by atoms with Crippen molar-refractivity contribution in [3.05, 3.63) is 217 Å². The number of hydrogen-bond acceptors (Lipinski definition) is 47. The molecule has 0 aliphatic heterocycles. The number of amides is 1. The molecule has 0 spiro atoms. The van der Waals surface area contributed by atoms with Gasteiger partial charge in [0.25, 0.3) is 29.7 Å². The number of para-hydroxylation sites is 1. The number of nitrogens with zero attached hydrogens (tertiary/aromatic N) is 40. The monoisotopic (exact) mass is 1760 g/mol. The van der Waals surface area contributed by atoms with Crippen LogP contribution in [-0.4, -0.2) is 176 Å². The first-order valence-corrected chi connectivity index (χ1v) is 37.9. The maximum Gasteiger partial charge on any atom is 0.254 e. The largest absolute Gasteiger partial charge is 0.386 e. The molecule has 0 aliphatic rings. The van der Waals surface area contributed by atoms with Gasteiger partial charge in [-0.3, -0.25) is 4.79 Å². The number of carbonyl (C=O) groups is 1. The number of carbonyl (C=O) groups excluding carboxylic acids is 1. The van der Waals surface area contributed by atoms with Crippen LogP contribution in [0.4, 0.5) is 127 Å². The number of azo groups is 5. The fraction of sp³-hybridized carbons (Fsp3) is 0.104. The van der Waals surface area contributed by atoms with Gasteiger partial charge < -0.3 is 76.6 Å². The van der Waals surface area contributed by atoms with E-state index in [0.717, 1.165) is 16.9 Å². The summed E-state index contributed by atoms with van der Waals surface area (Å²) in [6.07, 6.45) is 23.2. The van der Waals surface area contributed by atoms with E-state index in [4.69, 9.17) is 40.1 Å². The molecule has 54 nitrogen and oxygen atoms in total. The van der Waals surface area contributed by atoms with E-state index in [0.29, 0.717) is 75.4 Å². The van der Waals surface area contributed by atoms with Crippen molar-refractivity contribution in [1.82, 2.24) is 128 Å². The van der Waals surface area contributed by atoms with E-state index >= 15 is 0 Å². The van der Waals surface area contributed by atoms with E-state index in [1.807, 2.05) is 91.5 Å². The second kappa shape index (κ2) is 42.3. The number of primary amides is 1. The zero-order chi connectivity index (χ0) is 93.0. The molecule has 0 saturated heterocycles. The van der Waals surface area contributed by atoms with E-state index in [1.165, 1.54) is 66.8 Å². The van der Waals surface area contributed by atoms with Crippen LogP contribution in [0, 0.1) is 59.2 Å². The molecule has 0 bridgehead atoms. The Labute approximate surface area is 739 Å². The topological polar surface area (TPSA) is 778 Å². The summed E-state index contributed by atoms with van der Waals surface area (Å²) in [5.41, 5.74) is 45.0. The molecule has 16 aromatic rings. The van der Waals surface area contributed by atoms with Gasteiger partial charge in [0.15, 0.2) is 86.9 Å². The van der Waals surface area contributed by atoms with E-state index in [2.05, 4.69) is 189 Å². The van der Waals surface area contributed by atoms with Crippen LogP contribution in [0.3, 0.4) is 0 Å². The number of nitrogen functional groups attached to an aromatic ring is 6. The summed E-state index contributed by atoms with van der Waals surface area (Å²) >= 11 is 0. The zero-order valence-corrected chi connectivity index (χ0v) is 70.1. The molecule has 652 valence electrons. The Kier molecular flexibility index (Phi) is 29.0. The molecule has 15 heterocycles. The van der Waals surface area contributed by atoms with Crippen LogP contribution in [-0.2, 0) is 0 Å². The Bertz CT molecular complexity index is 6980. The number of anilines is 12. The molecular formula is C77H73N53O. The van der Waals surface area contributed by atoms with Gasteiger partial charge in [-0.2, -0.15) is 85.2 Å². The number of benzene rings is 1. The highest BCUT2D eigenvalue weighted by Gasteiger charge is 2.23. The summed E-state index contributed by atoms with van der Waals surface area (Å²) in [5, 5.41) is 118. The first kappa shape index (κ1) is 89.8. The number of hydrogen-bond donors (Lipinski definition) is 13. The average molecular weight is 1760 g/mol. The van der Waals surface area contributed by atoms with Crippen molar-refractivity contribution in [1.29, 1.82) is 21.0 Å². The number of nitrogens with two attached hydrogens (primary N) is 7. The van der Waals surface area contributed by atoms with Crippen LogP contribution < -0.4 is 72.0 Å². The summed E-state index contributed by atoms with van der Waals surface area (Å²) in [5.74, 6) is 4.85. The Morgan fingerprint density at radius 2 is 0.679 bits per heavy atom. The molecule has 0 radical (unpaired) electrons. The number of rotatable bonds is 23. The second-order valence-electron chi connectivity index (χ2n) is 25.6. The minimum atomic E-state index is -0.703. The van der Waals surface area contributed by atoms with Crippen molar-refractivity contribution in [2.75, 3.05) is 109 Å².